The van der Waals surface area contributed by atoms with E-state index in [4.69, 9.17) is 16.0 Å². The van der Waals surface area contributed by atoms with Crippen LogP contribution in [0.3, 0.4) is 0 Å². The average Bonchev–Trinajstić information content (AvgIpc) is 3.50. The number of rotatable bonds is 8. The van der Waals surface area contributed by atoms with E-state index in [0.717, 1.165) is 29.3 Å². The van der Waals surface area contributed by atoms with Gasteiger partial charge in [0.05, 0.1) is 28.6 Å². The Labute approximate surface area is 189 Å². The Morgan fingerprint density at radius 2 is 1.84 bits per heavy atom. The quantitative estimate of drug-likeness (QED) is 0.492. The summed E-state index contributed by atoms with van der Waals surface area (Å²) in [4.78, 5) is 14.4. The normalized spacial score (nSPS) is 14.0. The van der Waals surface area contributed by atoms with Crippen LogP contribution in [0, 0.1) is 5.82 Å². The van der Waals surface area contributed by atoms with Gasteiger partial charge < -0.3 is 9.32 Å². The molecule has 11 heteroatoms. The Balaban J connectivity index is 1.47. The summed E-state index contributed by atoms with van der Waals surface area (Å²) < 4.78 is 45.2. The van der Waals surface area contributed by atoms with Crippen LogP contribution in [0.25, 0.3) is 11.5 Å². The van der Waals surface area contributed by atoms with Crippen LogP contribution >= 0.6 is 11.6 Å². The fraction of sp³-hybridized carbons (Fsp3) is 0.286. The van der Waals surface area contributed by atoms with Crippen molar-refractivity contribution in [2.75, 3.05) is 13.6 Å². The Morgan fingerprint density at radius 1 is 1.16 bits per heavy atom. The molecule has 1 heterocycles. The van der Waals surface area contributed by atoms with Crippen LogP contribution in [0.5, 0.6) is 0 Å². The minimum Gasteiger partial charge on any atom is -0.419 e. The maximum Gasteiger partial charge on any atom is 0.249 e. The van der Waals surface area contributed by atoms with E-state index < -0.39 is 21.7 Å². The van der Waals surface area contributed by atoms with Crippen LogP contribution in [0.2, 0.25) is 5.02 Å². The highest BCUT2D eigenvalue weighted by Crippen LogP contribution is 2.30. The Hall–Kier alpha value is -2.82. The van der Waals surface area contributed by atoms with Crippen LogP contribution in [-0.4, -0.2) is 53.4 Å². The Kier molecular flexibility index (Phi) is 6.27. The number of hydrogen-bond acceptors (Lipinski definition) is 6. The lowest BCUT2D eigenvalue weighted by atomic mass is 10.2. The van der Waals surface area contributed by atoms with Gasteiger partial charge in [0.25, 0.3) is 0 Å². The van der Waals surface area contributed by atoms with Crippen molar-refractivity contribution in [2.45, 2.75) is 30.3 Å². The highest BCUT2D eigenvalue weighted by atomic mass is 35.5. The Morgan fingerprint density at radius 3 is 2.50 bits per heavy atom. The number of benzene rings is 2. The smallest absolute Gasteiger partial charge is 0.249 e. The predicted molar refractivity (Wildman–Crippen MR) is 115 cm³/mol. The van der Waals surface area contributed by atoms with Crippen molar-refractivity contribution < 1.29 is 22.0 Å². The first kappa shape index (κ1) is 22.4. The standard InChI is InChI=1S/C21H20ClFN4O4S/c1-26(32(29,30)16-10-6-14(23)7-11-16)13-20(28)27(15-8-9-15)12-19-24-25-21(31-19)17-4-2-3-5-18(17)22/h2-7,10-11,15H,8-9,12-13H2,1H3. The molecule has 168 valence electrons. The molecular formula is C21H20ClFN4O4S. The van der Waals surface area contributed by atoms with Crippen molar-refractivity contribution in [3.05, 3.63) is 65.3 Å². The minimum atomic E-state index is -3.95. The van der Waals surface area contributed by atoms with Crippen molar-refractivity contribution in [1.82, 2.24) is 19.4 Å². The first-order valence-corrected chi connectivity index (χ1v) is 11.7. The zero-order chi connectivity index (χ0) is 22.9. The molecular weight excluding hydrogens is 459 g/mol. The number of aromatic nitrogens is 2. The van der Waals surface area contributed by atoms with Gasteiger partial charge in [-0.3, -0.25) is 4.79 Å². The Bertz CT molecular complexity index is 1230. The van der Waals surface area contributed by atoms with Gasteiger partial charge in [0.1, 0.15) is 5.82 Å². The zero-order valence-electron chi connectivity index (χ0n) is 17.1. The van der Waals surface area contributed by atoms with E-state index in [1.54, 1.807) is 29.2 Å². The highest BCUT2D eigenvalue weighted by molar-refractivity contribution is 7.89. The molecule has 1 amide bonds. The molecule has 4 rings (SSSR count). The van der Waals surface area contributed by atoms with Crippen molar-refractivity contribution in [3.8, 4) is 11.5 Å². The van der Waals surface area contributed by atoms with Gasteiger partial charge >= 0.3 is 0 Å². The van der Waals surface area contributed by atoms with Crippen LogP contribution in [0.1, 0.15) is 18.7 Å². The van der Waals surface area contributed by atoms with Gasteiger partial charge in [0, 0.05) is 13.1 Å². The van der Waals surface area contributed by atoms with Crippen molar-refractivity contribution in [3.63, 3.8) is 0 Å². The molecule has 1 saturated carbocycles. The van der Waals surface area contributed by atoms with Gasteiger partial charge in [0.2, 0.25) is 27.7 Å². The van der Waals surface area contributed by atoms with E-state index in [2.05, 4.69) is 10.2 Å². The van der Waals surface area contributed by atoms with E-state index in [1.165, 1.54) is 19.2 Å². The summed E-state index contributed by atoms with van der Waals surface area (Å²) in [5.74, 6) is -0.467. The predicted octanol–water partition coefficient (Wildman–Crippen LogP) is 3.34. The molecule has 32 heavy (non-hydrogen) atoms. The van der Waals surface area contributed by atoms with E-state index >= 15 is 0 Å². The maximum absolute atomic E-state index is 13.1. The van der Waals surface area contributed by atoms with Crippen molar-refractivity contribution in [2.24, 2.45) is 0 Å². The van der Waals surface area contributed by atoms with E-state index in [1.807, 2.05) is 0 Å². The summed E-state index contributed by atoms with van der Waals surface area (Å²) in [6.45, 7) is -0.312. The first-order chi connectivity index (χ1) is 15.3. The lowest BCUT2D eigenvalue weighted by Gasteiger charge is -2.24. The van der Waals surface area contributed by atoms with Gasteiger partial charge in [-0.15, -0.1) is 10.2 Å². The summed E-state index contributed by atoms with van der Waals surface area (Å²) in [5.41, 5.74) is 0.585. The molecule has 0 spiro atoms. The fourth-order valence-electron chi connectivity index (χ4n) is 3.17. The largest absolute Gasteiger partial charge is 0.419 e. The van der Waals surface area contributed by atoms with Crippen LogP contribution < -0.4 is 0 Å². The van der Waals surface area contributed by atoms with Crippen molar-refractivity contribution in [1.29, 1.82) is 0 Å². The van der Waals surface area contributed by atoms with Crippen molar-refractivity contribution >= 4 is 27.5 Å². The number of nitrogens with zero attached hydrogens (tertiary/aromatic N) is 4. The summed E-state index contributed by atoms with van der Waals surface area (Å²) in [5, 5.41) is 8.49. The number of amides is 1. The van der Waals surface area contributed by atoms with E-state index in [9.17, 15) is 17.6 Å². The highest BCUT2D eigenvalue weighted by Gasteiger charge is 2.35. The number of sulfonamides is 1. The summed E-state index contributed by atoms with van der Waals surface area (Å²) in [7, 11) is -2.64. The summed E-state index contributed by atoms with van der Waals surface area (Å²) in [6, 6.07) is 11.5. The second kappa shape index (κ2) is 8.97. The SMILES string of the molecule is CN(CC(=O)N(Cc1nnc(-c2ccccc2Cl)o1)C1CC1)S(=O)(=O)c1ccc(F)cc1. The third kappa shape index (κ3) is 4.82. The monoisotopic (exact) mass is 478 g/mol. The molecule has 0 radical (unpaired) electrons. The number of carbonyl (C=O) groups is 1. The van der Waals surface area contributed by atoms with E-state index in [-0.39, 0.29) is 35.8 Å². The van der Waals surface area contributed by atoms with Crippen LogP contribution in [0.4, 0.5) is 4.39 Å². The first-order valence-electron chi connectivity index (χ1n) is 9.84. The minimum absolute atomic E-state index is 0.0138. The molecule has 3 aromatic rings. The average molecular weight is 479 g/mol. The molecule has 8 nitrogen and oxygen atoms in total. The van der Waals surface area contributed by atoms with Gasteiger partial charge in [-0.2, -0.15) is 4.31 Å². The lowest BCUT2D eigenvalue weighted by molar-refractivity contribution is -0.132. The lowest BCUT2D eigenvalue weighted by Crippen LogP contribution is -2.42. The molecule has 0 aliphatic heterocycles. The third-order valence-electron chi connectivity index (χ3n) is 5.06. The van der Waals surface area contributed by atoms with Gasteiger partial charge in [0.15, 0.2) is 0 Å². The summed E-state index contributed by atoms with van der Waals surface area (Å²) in [6.07, 6.45) is 1.62. The van der Waals surface area contributed by atoms with E-state index in [0.29, 0.717) is 10.6 Å². The molecule has 1 aliphatic rings. The fourth-order valence-corrected chi connectivity index (χ4v) is 4.50. The van der Waals surface area contributed by atoms with Crippen LogP contribution in [0.15, 0.2) is 57.8 Å². The molecule has 2 aromatic carbocycles. The van der Waals surface area contributed by atoms with Crippen LogP contribution in [-0.2, 0) is 21.4 Å². The zero-order valence-corrected chi connectivity index (χ0v) is 18.7. The second-order valence-electron chi connectivity index (χ2n) is 7.45. The topological polar surface area (TPSA) is 96.6 Å². The molecule has 1 aromatic heterocycles. The molecule has 1 fully saturated rings. The van der Waals surface area contributed by atoms with Gasteiger partial charge in [-0.1, -0.05) is 23.7 Å². The number of carbonyl (C=O) groups excluding carboxylic acids is 1. The number of likely N-dealkylation sites (N-methyl/N-ethyl adjacent to an activating group) is 1. The molecule has 0 N–H and O–H groups in total. The molecule has 0 bridgehead atoms. The van der Waals surface area contributed by atoms with Gasteiger partial charge in [-0.25, -0.2) is 12.8 Å². The molecule has 0 atom stereocenters. The molecule has 0 unspecified atom stereocenters. The van der Waals surface area contributed by atoms with Gasteiger partial charge in [-0.05, 0) is 49.2 Å². The number of halogens is 2. The third-order valence-corrected chi connectivity index (χ3v) is 7.21. The maximum atomic E-state index is 13.1. The number of hydrogen-bond donors (Lipinski definition) is 0. The molecule has 0 saturated heterocycles. The second-order valence-corrected chi connectivity index (χ2v) is 9.90. The molecule has 1 aliphatic carbocycles. The summed E-state index contributed by atoms with van der Waals surface area (Å²) >= 11 is 6.17.